The first-order chi connectivity index (χ1) is 17.5. The number of fused-ring (bicyclic) bond motifs is 1. The normalized spacial score (nSPS) is 15.4. The fourth-order valence-corrected chi connectivity index (χ4v) is 5.38. The molecule has 0 saturated heterocycles. The van der Waals surface area contributed by atoms with Gasteiger partial charge in [0.05, 0.1) is 28.5 Å². The molecular formula is C28H20BrFN2O3S. The molecule has 0 saturated carbocycles. The first-order valence-electron chi connectivity index (χ1n) is 11.3. The van der Waals surface area contributed by atoms with Crippen molar-refractivity contribution in [3.8, 4) is 0 Å². The van der Waals surface area contributed by atoms with Gasteiger partial charge in [-0.25, -0.2) is 14.2 Å². The molecule has 1 atom stereocenters. The number of carbonyl (C=O) groups is 1. The molecule has 3 aromatic carbocycles. The Labute approximate surface area is 218 Å². The number of halogens is 2. The highest BCUT2D eigenvalue weighted by Crippen LogP contribution is 2.35. The molecule has 5 nitrogen and oxygen atoms in total. The van der Waals surface area contributed by atoms with Gasteiger partial charge in [0.15, 0.2) is 4.80 Å². The summed E-state index contributed by atoms with van der Waals surface area (Å²) in [5, 5.41) is 0. The Hall–Kier alpha value is -3.62. The van der Waals surface area contributed by atoms with Crippen LogP contribution in [0, 0.1) is 5.82 Å². The Morgan fingerprint density at radius 1 is 1.08 bits per heavy atom. The minimum absolute atomic E-state index is 0.161. The van der Waals surface area contributed by atoms with E-state index < -0.39 is 17.8 Å². The lowest BCUT2D eigenvalue weighted by atomic mass is 9.93. The van der Waals surface area contributed by atoms with Crippen molar-refractivity contribution < 1.29 is 13.9 Å². The molecule has 0 aliphatic carbocycles. The minimum atomic E-state index is -0.830. The van der Waals surface area contributed by atoms with Crippen LogP contribution in [0.3, 0.4) is 0 Å². The van der Waals surface area contributed by atoms with E-state index in [1.165, 1.54) is 28.0 Å². The van der Waals surface area contributed by atoms with Crippen molar-refractivity contribution in [3.63, 3.8) is 0 Å². The van der Waals surface area contributed by atoms with E-state index in [0.29, 0.717) is 20.6 Å². The van der Waals surface area contributed by atoms with Crippen LogP contribution in [-0.4, -0.2) is 17.1 Å². The summed E-state index contributed by atoms with van der Waals surface area (Å²) in [6, 6.07) is 21.9. The van der Waals surface area contributed by atoms with Crippen molar-refractivity contribution in [2.75, 3.05) is 6.61 Å². The van der Waals surface area contributed by atoms with Crippen LogP contribution in [0.25, 0.3) is 11.8 Å². The first kappa shape index (κ1) is 24.1. The average molecular weight is 563 g/mol. The van der Waals surface area contributed by atoms with Gasteiger partial charge < -0.3 is 4.74 Å². The summed E-state index contributed by atoms with van der Waals surface area (Å²) in [4.78, 5) is 32.3. The second-order valence-electron chi connectivity index (χ2n) is 8.03. The predicted octanol–water partition coefficient (Wildman–Crippen LogP) is 4.84. The Morgan fingerprint density at radius 2 is 1.78 bits per heavy atom. The maximum absolute atomic E-state index is 13.8. The summed E-state index contributed by atoms with van der Waals surface area (Å²) in [6.07, 6.45) is 1.80. The van der Waals surface area contributed by atoms with Crippen molar-refractivity contribution in [1.29, 1.82) is 0 Å². The zero-order valence-electron chi connectivity index (χ0n) is 19.2. The summed E-state index contributed by atoms with van der Waals surface area (Å²) < 4.78 is 22.2. The number of aromatic nitrogens is 1. The van der Waals surface area contributed by atoms with Crippen molar-refractivity contribution in [3.05, 3.63) is 131 Å². The molecule has 5 rings (SSSR count). The van der Waals surface area contributed by atoms with Gasteiger partial charge >= 0.3 is 5.97 Å². The molecule has 2 heterocycles. The van der Waals surface area contributed by atoms with E-state index in [2.05, 4.69) is 15.9 Å². The Bertz CT molecular complexity index is 1640. The van der Waals surface area contributed by atoms with Crippen molar-refractivity contribution >= 4 is 45.0 Å². The van der Waals surface area contributed by atoms with E-state index in [9.17, 15) is 14.0 Å². The molecule has 0 amide bonds. The second kappa shape index (κ2) is 10.2. The number of nitrogens with zero attached hydrogens (tertiary/aromatic N) is 2. The van der Waals surface area contributed by atoms with Crippen LogP contribution in [0.5, 0.6) is 0 Å². The number of ether oxygens (including phenoxy) is 1. The Kier molecular flexibility index (Phi) is 6.80. The van der Waals surface area contributed by atoms with E-state index in [1.54, 1.807) is 25.1 Å². The van der Waals surface area contributed by atoms with Gasteiger partial charge in [-0.2, -0.15) is 0 Å². The maximum Gasteiger partial charge on any atom is 0.338 e. The van der Waals surface area contributed by atoms with Crippen molar-refractivity contribution in [1.82, 2.24) is 4.57 Å². The quantitative estimate of drug-likeness (QED) is 0.327. The third-order valence-electron chi connectivity index (χ3n) is 5.73. The molecule has 1 aromatic heterocycles. The molecular weight excluding hydrogens is 543 g/mol. The number of rotatable bonds is 5. The standard InChI is InChI=1S/C28H20BrFN2O3S/c1-2-35-27(34)23-24(18-6-4-3-5-7-18)31-28-32(25(23)19-10-14-21(30)15-11-19)26(33)22(36-28)16-17-8-12-20(29)13-9-17/h3-16,25H,2H2,1H3. The number of hydrogen-bond acceptors (Lipinski definition) is 5. The third-order valence-corrected chi connectivity index (χ3v) is 7.24. The number of esters is 1. The maximum atomic E-state index is 13.8. The zero-order chi connectivity index (χ0) is 25.2. The highest BCUT2D eigenvalue weighted by atomic mass is 79.9. The summed E-state index contributed by atoms with van der Waals surface area (Å²) in [6.45, 7) is 1.88. The van der Waals surface area contributed by atoms with E-state index in [1.807, 2.05) is 54.6 Å². The average Bonchev–Trinajstić information content (AvgIpc) is 3.20. The fourth-order valence-electron chi connectivity index (χ4n) is 4.11. The van der Waals surface area contributed by atoms with Gasteiger partial charge in [0.1, 0.15) is 5.82 Å². The lowest BCUT2D eigenvalue weighted by molar-refractivity contribution is -0.138. The molecule has 1 unspecified atom stereocenters. The molecule has 0 fully saturated rings. The largest absolute Gasteiger partial charge is 0.463 e. The minimum Gasteiger partial charge on any atom is -0.463 e. The third kappa shape index (κ3) is 4.62. The molecule has 0 N–H and O–H groups in total. The van der Waals surface area contributed by atoms with Gasteiger partial charge in [0, 0.05) is 10.0 Å². The molecule has 0 radical (unpaired) electrons. The smallest absolute Gasteiger partial charge is 0.338 e. The predicted molar refractivity (Wildman–Crippen MR) is 142 cm³/mol. The Morgan fingerprint density at radius 3 is 2.44 bits per heavy atom. The highest BCUT2D eigenvalue weighted by molar-refractivity contribution is 9.10. The van der Waals surface area contributed by atoms with Crippen molar-refractivity contribution in [2.24, 2.45) is 4.99 Å². The van der Waals surface area contributed by atoms with Gasteiger partial charge in [0.25, 0.3) is 5.56 Å². The summed E-state index contributed by atoms with van der Waals surface area (Å²) in [5.41, 5.74) is 2.54. The molecule has 8 heteroatoms. The SMILES string of the molecule is CCOC(=O)C1=C(c2ccccc2)N=c2sc(=Cc3ccc(Br)cc3)c(=O)n2C1c1ccc(F)cc1. The van der Waals surface area contributed by atoms with Crippen LogP contribution in [-0.2, 0) is 9.53 Å². The van der Waals surface area contributed by atoms with Crippen LogP contribution in [0.15, 0.2) is 98.7 Å². The van der Waals surface area contributed by atoms with Crippen LogP contribution >= 0.6 is 27.3 Å². The van der Waals surface area contributed by atoms with Crippen LogP contribution in [0.4, 0.5) is 4.39 Å². The van der Waals surface area contributed by atoms with Crippen LogP contribution in [0.2, 0.25) is 0 Å². The highest BCUT2D eigenvalue weighted by Gasteiger charge is 2.35. The molecule has 4 aromatic rings. The zero-order valence-corrected chi connectivity index (χ0v) is 21.6. The van der Waals surface area contributed by atoms with Gasteiger partial charge in [0.2, 0.25) is 0 Å². The number of benzene rings is 3. The number of hydrogen-bond donors (Lipinski definition) is 0. The fraction of sp³-hybridized carbons (Fsp3) is 0.107. The topological polar surface area (TPSA) is 60.7 Å². The lowest BCUT2D eigenvalue weighted by Gasteiger charge is -2.25. The summed E-state index contributed by atoms with van der Waals surface area (Å²) in [7, 11) is 0. The molecule has 1 aliphatic rings. The Balaban J connectivity index is 1.82. The lowest BCUT2D eigenvalue weighted by Crippen LogP contribution is -2.40. The van der Waals surface area contributed by atoms with Crippen LogP contribution in [0.1, 0.15) is 29.7 Å². The summed E-state index contributed by atoms with van der Waals surface area (Å²) in [5.74, 6) is -0.983. The van der Waals surface area contributed by atoms with Gasteiger partial charge in [-0.1, -0.05) is 81.9 Å². The van der Waals surface area contributed by atoms with E-state index in [0.717, 1.165) is 15.6 Å². The monoisotopic (exact) mass is 562 g/mol. The van der Waals surface area contributed by atoms with Gasteiger partial charge in [-0.15, -0.1) is 0 Å². The molecule has 180 valence electrons. The summed E-state index contributed by atoms with van der Waals surface area (Å²) >= 11 is 4.67. The van der Waals surface area contributed by atoms with Crippen molar-refractivity contribution in [2.45, 2.75) is 13.0 Å². The van der Waals surface area contributed by atoms with E-state index in [-0.39, 0.29) is 17.7 Å². The van der Waals surface area contributed by atoms with E-state index >= 15 is 0 Å². The second-order valence-corrected chi connectivity index (χ2v) is 9.96. The number of carbonyl (C=O) groups excluding carboxylic acids is 1. The molecule has 0 bridgehead atoms. The van der Waals surface area contributed by atoms with Gasteiger partial charge in [-0.05, 0) is 48.4 Å². The number of thiazole rings is 1. The van der Waals surface area contributed by atoms with Gasteiger partial charge in [-0.3, -0.25) is 9.36 Å². The molecule has 0 spiro atoms. The molecule has 36 heavy (non-hydrogen) atoms. The van der Waals surface area contributed by atoms with E-state index in [4.69, 9.17) is 9.73 Å². The molecule has 1 aliphatic heterocycles. The first-order valence-corrected chi connectivity index (χ1v) is 12.9. The van der Waals surface area contributed by atoms with Crippen LogP contribution < -0.4 is 14.9 Å².